The fraction of sp³-hybridized carbons (Fsp3) is 0.438. The maximum atomic E-state index is 5.86. The van der Waals surface area contributed by atoms with Crippen molar-refractivity contribution < 1.29 is 4.74 Å². The first kappa shape index (κ1) is 11.2. The monoisotopic (exact) mass is 254 g/mol. The van der Waals surface area contributed by atoms with Crippen molar-refractivity contribution in [1.82, 2.24) is 4.98 Å². The van der Waals surface area contributed by atoms with Crippen LogP contribution in [0.5, 0.6) is 0 Å². The predicted molar refractivity (Wildman–Crippen MR) is 76.2 cm³/mol. The Morgan fingerprint density at radius 2 is 1.95 bits per heavy atom. The fourth-order valence-corrected chi connectivity index (χ4v) is 2.99. The molecule has 3 heteroatoms. The number of ether oxygens (including phenoxy) is 1. The molecule has 2 unspecified atom stereocenters. The van der Waals surface area contributed by atoms with Gasteiger partial charge in [-0.15, -0.1) is 0 Å². The van der Waals surface area contributed by atoms with Gasteiger partial charge >= 0.3 is 0 Å². The maximum Gasteiger partial charge on any atom is 0.126 e. The van der Waals surface area contributed by atoms with Gasteiger partial charge in [-0.2, -0.15) is 0 Å². The van der Waals surface area contributed by atoms with Crippen molar-refractivity contribution in [3.8, 4) is 0 Å². The van der Waals surface area contributed by atoms with Crippen LogP contribution in [-0.2, 0) is 4.74 Å². The van der Waals surface area contributed by atoms with Crippen LogP contribution < -0.4 is 5.32 Å². The lowest BCUT2D eigenvalue weighted by atomic mass is 10.1. The van der Waals surface area contributed by atoms with Gasteiger partial charge in [-0.25, -0.2) is 4.98 Å². The summed E-state index contributed by atoms with van der Waals surface area (Å²) >= 11 is 0. The van der Waals surface area contributed by atoms with Gasteiger partial charge in [0.2, 0.25) is 0 Å². The van der Waals surface area contributed by atoms with E-state index in [-0.39, 0.29) is 0 Å². The molecule has 98 valence electrons. The second-order valence-electron chi connectivity index (χ2n) is 5.60. The first-order chi connectivity index (χ1) is 9.40. The molecule has 2 atom stereocenters. The van der Waals surface area contributed by atoms with Crippen molar-refractivity contribution in [2.45, 2.75) is 31.4 Å². The zero-order chi connectivity index (χ0) is 12.7. The summed E-state index contributed by atoms with van der Waals surface area (Å²) in [4.78, 5) is 4.69. The molecule has 1 aliphatic carbocycles. The van der Waals surface area contributed by atoms with Crippen LogP contribution in [0.4, 0.5) is 5.82 Å². The molecule has 3 nitrogen and oxygen atoms in total. The number of nitrogens with one attached hydrogen (secondary N) is 1. The Kier molecular flexibility index (Phi) is 2.66. The Bertz CT molecular complexity index is 594. The number of rotatable bonds is 3. The molecule has 1 saturated carbocycles. The number of fused-ring (bicyclic) bond motifs is 1. The van der Waals surface area contributed by atoms with E-state index in [1.807, 2.05) is 12.1 Å². The van der Waals surface area contributed by atoms with Crippen LogP contribution in [0.15, 0.2) is 36.4 Å². The minimum atomic E-state index is 0.397. The van der Waals surface area contributed by atoms with E-state index in [9.17, 15) is 0 Å². The van der Waals surface area contributed by atoms with Crippen molar-refractivity contribution in [1.29, 1.82) is 0 Å². The van der Waals surface area contributed by atoms with Crippen LogP contribution in [0.2, 0.25) is 0 Å². The standard InChI is InChI=1S/C16H18N2O/c1-2-4-13-11(3-1)7-8-15(17-13)18-14-9-10-19-16(14)12-5-6-12/h1-4,7-8,12,14,16H,5-6,9-10H2,(H,17,18). The van der Waals surface area contributed by atoms with Crippen molar-refractivity contribution in [2.75, 3.05) is 11.9 Å². The van der Waals surface area contributed by atoms with Gasteiger partial charge < -0.3 is 10.1 Å². The summed E-state index contributed by atoms with van der Waals surface area (Å²) in [5.74, 6) is 1.75. The molecule has 4 rings (SSSR count). The van der Waals surface area contributed by atoms with E-state index in [0.717, 1.165) is 30.3 Å². The summed E-state index contributed by atoms with van der Waals surface area (Å²) in [7, 11) is 0. The molecule has 2 heterocycles. The lowest BCUT2D eigenvalue weighted by Gasteiger charge is -2.20. The molecule has 19 heavy (non-hydrogen) atoms. The van der Waals surface area contributed by atoms with E-state index >= 15 is 0 Å². The molecule has 1 aromatic heterocycles. The van der Waals surface area contributed by atoms with Gasteiger partial charge in [-0.3, -0.25) is 0 Å². The molecule has 1 saturated heterocycles. The first-order valence-electron chi connectivity index (χ1n) is 7.14. The Morgan fingerprint density at radius 3 is 2.84 bits per heavy atom. The number of pyridine rings is 1. The summed E-state index contributed by atoms with van der Waals surface area (Å²) in [6.45, 7) is 0.881. The lowest BCUT2D eigenvalue weighted by molar-refractivity contribution is 0.0898. The van der Waals surface area contributed by atoms with Gasteiger partial charge in [0.05, 0.1) is 17.7 Å². The summed E-state index contributed by atoms with van der Waals surface area (Å²) < 4.78 is 5.86. The topological polar surface area (TPSA) is 34.2 Å². The third-order valence-corrected chi connectivity index (χ3v) is 4.15. The molecule has 0 bridgehead atoms. The zero-order valence-corrected chi connectivity index (χ0v) is 10.9. The number of anilines is 1. The summed E-state index contributed by atoms with van der Waals surface area (Å²) in [5, 5.41) is 4.76. The van der Waals surface area contributed by atoms with Crippen LogP contribution in [0, 0.1) is 5.92 Å². The molecule has 0 amide bonds. The first-order valence-corrected chi connectivity index (χ1v) is 7.14. The number of hydrogen-bond acceptors (Lipinski definition) is 3. The van der Waals surface area contributed by atoms with Crippen molar-refractivity contribution >= 4 is 16.7 Å². The second-order valence-corrected chi connectivity index (χ2v) is 5.60. The third-order valence-electron chi connectivity index (χ3n) is 4.15. The molecular weight excluding hydrogens is 236 g/mol. The number of para-hydroxylation sites is 1. The average Bonchev–Trinajstić information content (AvgIpc) is 3.19. The third kappa shape index (κ3) is 2.19. The van der Waals surface area contributed by atoms with Crippen LogP contribution in [0.25, 0.3) is 10.9 Å². The summed E-state index contributed by atoms with van der Waals surface area (Å²) in [6, 6.07) is 12.9. The molecular formula is C16H18N2O. The Balaban J connectivity index is 1.57. The Hall–Kier alpha value is -1.61. The van der Waals surface area contributed by atoms with Gasteiger partial charge in [-0.05, 0) is 43.4 Å². The lowest BCUT2D eigenvalue weighted by Crippen LogP contribution is -2.31. The Labute approximate surface area is 113 Å². The molecule has 1 aromatic carbocycles. The number of hydrogen-bond donors (Lipinski definition) is 1. The summed E-state index contributed by atoms with van der Waals surface area (Å²) in [5.41, 5.74) is 1.05. The molecule has 1 N–H and O–H groups in total. The van der Waals surface area contributed by atoms with Gasteiger partial charge in [0.15, 0.2) is 0 Å². The van der Waals surface area contributed by atoms with E-state index in [1.54, 1.807) is 0 Å². The normalized spacial score (nSPS) is 26.7. The molecule has 1 aliphatic heterocycles. The van der Waals surface area contributed by atoms with Gasteiger partial charge in [-0.1, -0.05) is 18.2 Å². The zero-order valence-electron chi connectivity index (χ0n) is 10.9. The maximum absolute atomic E-state index is 5.86. The average molecular weight is 254 g/mol. The van der Waals surface area contributed by atoms with Crippen LogP contribution in [0.1, 0.15) is 19.3 Å². The van der Waals surface area contributed by atoms with E-state index in [1.165, 1.54) is 18.2 Å². The quantitative estimate of drug-likeness (QED) is 0.913. The SMILES string of the molecule is c1ccc2nc(NC3CCOC3C3CC3)ccc2c1. The smallest absolute Gasteiger partial charge is 0.126 e. The van der Waals surface area contributed by atoms with Crippen LogP contribution in [-0.4, -0.2) is 23.7 Å². The highest BCUT2D eigenvalue weighted by Crippen LogP contribution is 2.39. The molecule has 2 aromatic rings. The second kappa shape index (κ2) is 4.49. The minimum Gasteiger partial charge on any atom is -0.376 e. The highest BCUT2D eigenvalue weighted by Gasteiger charge is 2.40. The van der Waals surface area contributed by atoms with E-state index in [2.05, 4.69) is 34.6 Å². The molecule has 2 aliphatic rings. The van der Waals surface area contributed by atoms with E-state index in [4.69, 9.17) is 4.74 Å². The largest absolute Gasteiger partial charge is 0.376 e. The number of nitrogens with zero attached hydrogens (tertiary/aromatic N) is 1. The van der Waals surface area contributed by atoms with Crippen molar-refractivity contribution in [3.05, 3.63) is 36.4 Å². The van der Waals surface area contributed by atoms with E-state index in [0.29, 0.717) is 12.1 Å². The van der Waals surface area contributed by atoms with Crippen LogP contribution in [0.3, 0.4) is 0 Å². The molecule has 0 radical (unpaired) electrons. The molecule has 0 spiro atoms. The predicted octanol–water partition coefficient (Wildman–Crippen LogP) is 3.21. The number of benzene rings is 1. The van der Waals surface area contributed by atoms with Crippen molar-refractivity contribution in [2.24, 2.45) is 5.92 Å². The van der Waals surface area contributed by atoms with Gasteiger partial charge in [0.1, 0.15) is 5.82 Å². The molecule has 2 fully saturated rings. The van der Waals surface area contributed by atoms with Crippen LogP contribution >= 0.6 is 0 Å². The fourth-order valence-electron chi connectivity index (χ4n) is 2.99. The highest BCUT2D eigenvalue weighted by atomic mass is 16.5. The van der Waals surface area contributed by atoms with Gasteiger partial charge in [0, 0.05) is 12.0 Å². The van der Waals surface area contributed by atoms with Crippen molar-refractivity contribution in [3.63, 3.8) is 0 Å². The number of aromatic nitrogens is 1. The highest BCUT2D eigenvalue weighted by molar-refractivity contribution is 5.80. The summed E-state index contributed by atoms with van der Waals surface area (Å²) in [6.07, 6.45) is 4.14. The Morgan fingerprint density at radius 1 is 1.05 bits per heavy atom. The van der Waals surface area contributed by atoms with Gasteiger partial charge in [0.25, 0.3) is 0 Å². The van der Waals surface area contributed by atoms with E-state index < -0.39 is 0 Å². The minimum absolute atomic E-state index is 0.397.